The smallest absolute Gasteiger partial charge is 0.267 e. The molecule has 2 rings (SSSR count). The van der Waals surface area contributed by atoms with Crippen molar-refractivity contribution in [3.05, 3.63) is 41.2 Å². The molecule has 2 nitrogen and oxygen atoms in total. The van der Waals surface area contributed by atoms with E-state index >= 15 is 0 Å². The van der Waals surface area contributed by atoms with E-state index in [9.17, 15) is 18.0 Å². The van der Waals surface area contributed by atoms with Gasteiger partial charge in [-0.3, -0.25) is 4.79 Å². The molecule has 0 saturated heterocycles. The van der Waals surface area contributed by atoms with Gasteiger partial charge in [0.15, 0.2) is 11.6 Å². The third kappa shape index (κ3) is 1.56. The lowest BCUT2D eigenvalue weighted by Gasteiger charge is -2.03. The van der Waals surface area contributed by atoms with E-state index in [2.05, 4.69) is 4.99 Å². The van der Waals surface area contributed by atoms with Crippen molar-refractivity contribution in [2.24, 2.45) is 4.99 Å². The second kappa shape index (κ2) is 3.34. The van der Waals surface area contributed by atoms with E-state index in [4.69, 9.17) is 0 Å². The fourth-order valence-corrected chi connectivity index (χ4v) is 1.27. The second-order valence-electron chi connectivity index (χ2n) is 2.91. The van der Waals surface area contributed by atoms with Crippen LogP contribution in [0.3, 0.4) is 0 Å². The minimum absolute atomic E-state index is 0.0606. The molecule has 0 fully saturated rings. The van der Waals surface area contributed by atoms with Crippen molar-refractivity contribution >= 4 is 17.7 Å². The highest BCUT2D eigenvalue weighted by atomic mass is 19.2. The Morgan fingerprint density at radius 1 is 1.07 bits per heavy atom. The Labute approximate surface area is 82.7 Å². The Morgan fingerprint density at radius 3 is 2.33 bits per heavy atom. The highest BCUT2D eigenvalue weighted by molar-refractivity contribution is 6.24. The van der Waals surface area contributed by atoms with Crippen molar-refractivity contribution < 1.29 is 18.0 Å². The Kier molecular flexibility index (Phi) is 2.15. The minimum Gasteiger partial charge on any atom is -0.267 e. The zero-order valence-electron chi connectivity index (χ0n) is 7.30. The minimum atomic E-state index is -1.32. The summed E-state index contributed by atoms with van der Waals surface area (Å²) in [6.07, 6.45) is 1.95. The van der Waals surface area contributed by atoms with Crippen LogP contribution in [0, 0.1) is 17.5 Å². The Morgan fingerprint density at radius 2 is 1.73 bits per heavy atom. The van der Waals surface area contributed by atoms with Crippen LogP contribution >= 0.6 is 0 Å². The van der Waals surface area contributed by atoms with Crippen molar-refractivity contribution in [2.45, 2.75) is 0 Å². The van der Waals surface area contributed by atoms with Crippen LogP contribution in [-0.4, -0.2) is 12.1 Å². The van der Waals surface area contributed by atoms with Gasteiger partial charge in [-0.15, -0.1) is 0 Å². The Hall–Kier alpha value is -1.91. The summed E-state index contributed by atoms with van der Waals surface area (Å²) in [4.78, 5) is 14.0. The van der Waals surface area contributed by atoms with Crippen LogP contribution in [0.15, 0.2) is 23.2 Å². The summed E-state index contributed by atoms with van der Waals surface area (Å²) in [7, 11) is 0. The molecule has 1 aliphatic heterocycles. The van der Waals surface area contributed by atoms with E-state index in [0.29, 0.717) is 6.07 Å². The predicted octanol–water partition coefficient (Wildman–Crippen LogP) is 2.10. The standard InChI is InChI=1S/C10H4F3NO/c11-6-1-2-7(12)10(13)9(6)5-3-8(15)14-4-5/h1-4H. The Balaban J connectivity index is 2.63. The first kappa shape index (κ1) is 9.64. The number of allylic oxidation sites excluding steroid dienone is 1. The summed E-state index contributed by atoms with van der Waals surface area (Å²) in [5, 5.41) is 0. The molecular weight excluding hydrogens is 207 g/mol. The molecule has 15 heavy (non-hydrogen) atoms. The number of aliphatic imine (C=N–C) groups is 1. The third-order valence-corrected chi connectivity index (χ3v) is 1.94. The van der Waals surface area contributed by atoms with E-state index in [-0.39, 0.29) is 5.57 Å². The highest BCUT2D eigenvalue weighted by Crippen LogP contribution is 2.24. The molecule has 0 N–H and O–H groups in total. The molecule has 1 amide bonds. The molecule has 0 bridgehead atoms. The number of hydrogen-bond acceptors (Lipinski definition) is 1. The van der Waals surface area contributed by atoms with Gasteiger partial charge in [0.05, 0.1) is 5.56 Å². The van der Waals surface area contributed by atoms with Gasteiger partial charge in [-0.1, -0.05) is 0 Å². The number of carbonyl (C=O) groups is 1. The summed E-state index contributed by atoms with van der Waals surface area (Å²) in [5.41, 5.74) is -0.626. The number of nitrogens with zero attached hydrogens (tertiary/aromatic N) is 1. The summed E-state index contributed by atoms with van der Waals surface area (Å²) >= 11 is 0. The van der Waals surface area contributed by atoms with Crippen LogP contribution in [0.1, 0.15) is 5.56 Å². The zero-order valence-corrected chi connectivity index (χ0v) is 7.30. The molecule has 0 spiro atoms. The molecule has 0 aromatic heterocycles. The maximum absolute atomic E-state index is 13.2. The van der Waals surface area contributed by atoms with Crippen molar-refractivity contribution in [1.29, 1.82) is 0 Å². The molecular formula is C10H4F3NO. The van der Waals surface area contributed by atoms with E-state index in [1.807, 2.05) is 0 Å². The molecule has 1 aromatic rings. The number of carbonyl (C=O) groups excluding carboxylic acids is 1. The quantitative estimate of drug-likeness (QED) is 0.654. The number of benzene rings is 1. The average molecular weight is 211 g/mol. The van der Waals surface area contributed by atoms with Gasteiger partial charge in [0, 0.05) is 17.9 Å². The van der Waals surface area contributed by atoms with Crippen molar-refractivity contribution in [3.63, 3.8) is 0 Å². The van der Waals surface area contributed by atoms with Crippen LogP contribution in [0.5, 0.6) is 0 Å². The zero-order chi connectivity index (χ0) is 11.0. The van der Waals surface area contributed by atoms with Gasteiger partial charge in [-0.25, -0.2) is 18.2 Å². The SMILES string of the molecule is O=C1C=C(c2c(F)ccc(F)c2F)C=N1. The molecule has 1 aliphatic rings. The second-order valence-corrected chi connectivity index (χ2v) is 2.91. The van der Waals surface area contributed by atoms with Crippen LogP contribution in [0.2, 0.25) is 0 Å². The summed E-state index contributed by atoms with van der Waals surface area (Å²) in [6.45, 7) is 0. The first-order valence-corrected chi connectivity index (χ1v) is 4.03. The summed E-state index contributed by atoms with van der Waals surface area (Å²) in [5.74, 6) is -4.03. The molecule has 0 unspecified atom stereocenters. The van der Waals surface area contributed by atoms with Gasteiger partial charge in [0.1, 0.15) is 5.82 Å². The van der Waals surface area contributed by atoms with Gasteiger partial charge in [-0.2, -0.15) is 0 Å². The van der Waals surface area contributed by atoms with Crippen molar-refractivity contribution in [3.8, 4) is 0 Å². The van der Waals surface area contributed by atoms with Gasteiger partial charge < -0.3 is 0 Å². The molecule has 0 radical (unpaired) electrons. The number of halogens is 3. The number of rotatable bonds is 1. The highest BCUT2D eigenvalue weighted by Gasteiger charge is 2.19. The van der Waals surface area contributed by atoms with E-state index < -0.39 is 28.9 Å². The first-order valence-electron chi connectivity index (χ1n) is 4.03. The molecule has 0 atom stereocenters. The van der Waals surface area contributed by atoms with Gasteiger partial charge in [-0.05, 0) is 12.1 Å². The van der Waals surface area contributed by atoms with E-state index in [0.717, 1.165) is 18.4 Å². The molecule has 76 valence electrons. The van der Waals surface area contributed by atoms with Crippen LogP contribution < -0.4 is 0 Å². The first-order chi connectivity index (χ1) is 7.09. The topological polar surface area (TPSA) is 29.4 Å². The normalized spacial score (nSPS) is 14.6. The molecule has 5 heteroatoms. The number of hydrogen-bond donors (Lipinski definition) is 0. The van der Waals surface area contributed by atoms with Gasteiger partial charge >= 0.3 is 0 Å². The lowest BCUT2D eigenvalue weighted by molar-refractivity contribution is -0.113. The third-order valence-electron chi connectivity index (χ3n) is 1.94. The van der Waals surface area contributed by atoms with Crippen molar-refractivity contribution in [2.75, 3.05) is 0 Å². The Bertz CT molecular complexity index is 506. The molecule has 1 aromatic carbocycles. The van der Waals surface area contributed by atoms with Gasteiger partial charge in [0.25, 0.3) is 5.91 Å². The average Bonchev–Trinajstić information content (AvgIpc) is 2.59. The lowest BCUT2D eigenvalue weighted by Crippen LogP contribution is -1.98. The largest absolute Gasteiger partial charge is 0.270 e. The summed E-state index contributed by atoms with van der Waals surface area (Å²) in [6, 6.07) is 1.48. The fourth-order valence-electron chi connectivity index (χ4n) is 1.27. The van der Waals surface area contributed by atoms with E-state index in [1.165, 1.54) is 0 Å². The van der Waals surface area contributed by atoms with Gasteiger partial charge in [0.2, 0.25) is 0 Å². The molecule has 0 aliphatic carbocycles. The van der Waals surface area contributed by atoms with E-state index in [1.54, 1.807) is 0 Å². The fraction of sp³-hybridized carbons (Fsp3) is 0. The maximum Gasteiger partial charge on any atom is 0.270 e. The van der Waals surface area contributed by atoms with Crippen LogP contribution in [0.4, 0.5) is 13.2 Å². The monoisotopic (exact) mass is 211 g/mol. The summed E-state index contributed by atoms with van der Waals surface area (Å²) < 4.78 is 39.2. The van der Waals surface area contributed by atoms with Crippen LogP contribution in [0.25, 0.3) is 5.57 Å². The molecule has 1 heterocycles. The van der Waals surface area contributed by atoms with Crippen molar-refractivity contribution in [1.82, 2.24) is 0 Å². The lowest BCUT2D eigenvalue weighted by atomic mass is 10.1. The number of amides is 1. The maximum atomic E-state index is 13.2. The predicted molar refractivity (Wildman–Crippen MR) is 47.8 cm³/mol. The molecule has 0 saturated carbocycles. The van der Waals surface area contributed by atoms with Crippen LogP contribution in [-0.2, 0) is 4.79 Å².